The van der Waals surface area contributed by atoms with Crippen molar-refractivity contribution < 1.29 is 27.4 Å². The summed E-state index contributed by atoms with van der Waals surface area (Å²) in [7, 11) is -4.25. The molecule has 2 N–H and O–H groups in total. The van der Waals surface area contributed by atoms with Gasteiger partial charge in [-0.2, -0.15) is 0 Å². The number of carboxylic acids is 1. The number of carboxylic acid groups (broad SMARTS) is 1. The summed E-state index contributed by atoms with van der Waals surface area (Å²) in [6.07, 6.45) is 0. The van der Waals surface area contributed by atoms with Gasteiger partial charge in [-0.05, 0) is 49.4 Å². The summed E-state index contributed by atoms with van der Waals surface area (Å²) in [6.45, 7) is 2.28. The zero-order chi connectivity index (χ0) is 17.0. The molecular weight excluding hydrogens is 325 g/mol. The van der Waals surface area contributed by atoms with Crippen molar-refractivity contribution in [3.63, 3.8) is 0 Å². The number of benzene rings is 2. The van der Waals surface area contributed by atoms with Gasteiger partial charge in [-0.15, -0.1) is 0 Å². The maximum atomic E-state index is 13.8. The Hall–Kier alpha value is -2.61. The van der Waals surface area contributed by atoms with Crippen LogP contribution in [0.4, 0.5) is 10.1 Å². The van der Waals surface area contributed by atoms with Gasteiger partial charge >= 0.3 is 5.97 Å². The Morgan fingerprint density at radius 1 is 1.22 bits per heavy atom. The van der Waals surface area contributed by atoms with E-state index in [0.29, 0.717) is 12.4 Å². The third-order valence-electron chi connectivity index (χ3n) is 2.89. The summed E-state index contributed by atoms with van der Waals surface area (Å²) < 4.78 is 45.7. The molecule has 2 rings (SSSR count). The van der Waals surface area contributed by atoms with Crippen molar-refractivity contribution >= 4 is 21.7 Å². The van der Waals surface area contributed by atoms with Crippen molar-refractivity contribution in [1.82, 2.24) is 0 Å². The quantitative estimate of drug-likeness (QED) is 0.844. The summed E-state index contributed by atoms with van der Waals surface area (Å²) in [5, 5.41) is 8.89. The molecular formula is C15H14FNO5S. The molecule has 0 aliphatic heterocycles. The highest BCUT2D eigenvalue weighted by molar-refractivity contribution is 7.92. The topological polar surface area (TPSA) is 92.7 Å². The van der Waals surface area contributed by atoms with Crippen LogP contribution in [0, 0.1) is 5.82 Å². The van der Waals surface area contributed by atoms with Crippen molar-refractivity contribution in [1.29, 1.82) is 0 Å². The standard InChI is InChI=1S/C15H14FNO5S/c1-2-22-12-6-4-11(5-7-12)17-23(20,21)14-9-10(15(18)19)3-8-13(14)16/h3-9,17H,2H2,1H3,(H,18,19). The first-order valence-electron chi connectivity index (χ1n) is 6.62. The van der Waals surface area contributed by atoms with Gasteiger partial charge < -0.3 is 9.84 Å². The number of carbonyl (C=O) groups is 1. The average molecular weight is 339 g/mol. The van der Waals surface area contributed by atoms with Gasteiger partial charge in [-0.25, -0.2) is 17.6 Å². The number of hydrogen-bond acceptors (Lipinski definition) is 4. The maximum Gasteiger partial charge on any atom is 0.335 e. The molecule has 0 heterocycles. The van der Waals surface area contributed by atoms with E-state index >= 15 is 0 Å². The molecule has 6 nitrogen and oxygen atoms in total. The molecule has 0 unspecified atom stereocenters. The van der Waals surface area contributed by atoms with Crippen molar-refractivity contribution in [2.24, 2.45) is 0 Å². The highest BCUT2D eigenvalue weighted by Gasteiger charge is 2.21. The number of nitrogens with one attached hydrogen (secondary N) is 1. The summed E-state index contributed by atoms with van der Waals surface area (Å²) in [4.78, 5) is 10.2. The Bertz CT molecular complexity index is 818. The van der Waals surface area contributed by atoms with E-state index < -0.39 is 26.7 Å². The molecule has 0 bridgehead atoms. The van der Waals surface area contributed by atoms with Gasteiger partial charge in [0.15, 0.2) is 0 Å². The molecule has 8 heteroatoms. The molecule has 0 aromatic heterocycles. The van der Waals surface area contributed by atoms with Crippen LogP contribution in [-0.4, -0.2) is 26.1 Å². The zero-order valence-electron chi connectivity index (χ0n) is 12.1. The number of anilines is 1. The number of aromatic carboxylic acids is 1. The second-order valence-corrected chi connectivity index (χ2v) is 6.16. The fourth-order valence-electron chi connectivity index (χ4n) is 1.84. The summed E-state index contributed by atoms with van der Waals surface area (Å²) in [5.41, 5.74) is -0.118. The van der Waals surface area contributed by atoms with Gasteiger partial charge in [-0.1, -0.05) is 0 Å². The lowest BCUT2D eigenvalue weighted by molar-refractivity contribution is 0.0696. The third kappa shape index (κ3) is 3.98. The molecule has 0 radical (unpaired) electrons. The lowest BCUT2D eigenvalue weighted by Gasteiger charge is -2.10. The minimum Gasteiger partial charge on any atom is -0.494 e. The Morgan fingerprint density at radius 3 is 2.43 bits per heavy atom. The van der Waals surface area contributed by atoms with Crippen molar-refractivity contribution in [3.05, 3.63) is 53.8 Å². The Morgan fingerprint density at radius 2 is 1.87 bits per heavy atom. The van der Waals surface area contributed by atoms with Crippen LogP contribution in [0.2, 0.25) is 0 Å². The van der Waals surface area contributed by atoms with Gasteiger partial charge in [0, 0.05) is 5.69 Å². The van der Waals surface area contributed by atoms with Crippen LogP contribution in [0.5, 0.6) is 5.75 Å². The fourth-order valence-corrected chi connectivity index (χ4v) is 3.00. The minimum atomic E-state index is -4.25. The first-order valence-corrected chi connectivity index (χ1v) is 8.10. The predicted molar refractivity (Wildman–Crippen MR) is 81.8 cm³/mol. The van der Waals surface area contributed by atoms with Crippen LogP contribution in [0.3, 0.4) is 0 Å². The smallest absolute Gasteiger partial charge is 0.335 e. The summed E-state index contributed by atoms with van der Waals surface area (Å²) in [6, 6.07) is 8.61. The Balaban J connectivity index is 2.31. The zero-order valence-corrected chi connectivity index (χ0v) is 12.9. The number of hydrogen-bond donors (Lipinski definition) is 2. The largest absolute Gasteiger partial charge is 0.494 e. The lowest BCUT2D eigenvalue weighted by Crippen LogP contribution is -2.15. The molecule has 0 atom stereocenters. The second-order valence-electron chi connectivity index (χ2n) is 4.51. The summed E-state index contributed by atoms with van der Waals surface area (Å²) in [5.74, 6) is -1.81. The maximum absolute atomic E-state index is 13.8. The number of ether oxygens (including phenoxy) is 1. The van der Waals surface area contributed by atoms with E-state index in [4.69, 9.17) is 9.84 Å². The fraction of sp³-hybridized carbons (Fsp3) is 0.133. The molecule has 23 heavy (non-hydrogen) atoms. The monoisotopic (exact) mass is 339 g/mol. The molecule has 0 fully saturated rings. The average Bonchev–Trinajstić information content (AvgIpc) is 2.49. The van der Waals surface area contributed by atoms with E-state index in [0.717, 1.165) is 18.2 Å². The molecule has 0 aliphatic carbocycles. The lowest BCUT2D eigenvalue weighted by atomic mass is 10.2. The SMILES string of the molecule is CCOc1ccc(NS(=O)(=O)c2cc(C(=O)O)ccc2F)cc1. The Kier molecular flexibility index (Phi) is 4.85. The number of sulfonamides is 1. The predicted octanol–water partition coefficient (Wildman–Crippen LogP) is 2.72. The second kappa shape index (κ2) is 6.66. The van der Waals surface area contributed by atoms with E-state index in [1.165, 1.54) is 12.1 Å². The number of rotatable bonds is 6. The molecule has 0 saturated heterocycles. The van der Waals surface area contributed by atoms with Crippen molar-refractivity contribution in [2.45, 2.75) is 11.8 Å². The van der Waals surface area contributed by atoms with E-state index in [1.54, 1.807) is 12.1 Å². The molecule has 2 aromatic rings. The minimum absolute atomic E-state index is 0.202. The van der Waals surface area contributed by atoms with Gasteiger partial charge in [0.1, 0.15) is 16.5 Å². The molecule has 0 saturated carbocycles. The molecule has 0 amide bonds. The molecule has 122 valence electrons. The van der Waals surface area contributed by atoms with Gasteiger partial charge in [-0.3, -0.25) is 4.72 Å². The number of halogens is 1. The third-order valence-corrected chi connectivity index (χ3v) is 4.28. The van der Waals surface area contributed by atoms with Crippen molar-refractivity contribution in [2.75, 3.05) is 11.3 Å². The van der Waals surface area contributed by atoms with E-state index in [2.05, 4.69) is 4.72 Å². The molecule has 0 aliphatic rings. The first-order chi connectivity index (χ1) is 10.8. The summed E-state index contributed by atoms with van der Waals surface area (Å²) >= 11 is 0. The van der Waals surface area contributed by atoms with Gasteiger partial charge in [0.25, 0.3) is 10.0 Å². The van der Waals surface area contributed by atoms with Gasteiger partial charge in [0.05, 0.1) is 12.2 Å². The van der Waals surface area contributed by atoms with Crippen LogP contribution in [0.15, 0.2) is 47.4 Å². The van der Waals surface area contributed by atoms with E-state index in [1.807, 2.05) is 6.92 Å². The van der Waals surface area contributed by atoms with E-state index in [9.17, 15) is 17.6 Å². The Labute approximate surface area is 132 Å². The first kappa shape index (κ1) is 16.8. The van der Waals surface area contributed by atoms with Gasteiger partial charge in [0.2, 0.25) is 0 Å². The van der Waals surface area contributed by atoms with Crippen LogP contribution in [-0.2, 0) is 10.0 Å². The van der Waals surface area contributed by atoms with Crippen LogP contribution < -0.4 is 9.46 Å². The normalized spacial score (nSPS) is 11.0. The molecule has 0 spiro atoms. The van der Waals surface area contributed by atoms with Crippen molar-refractivity contribution in [3.8, 4) is 5.75 Å². The highest BCUT2D eigenvalue weighted by Crippen LogP contribution is 2.22. The van der Waals surface area contributed by atoms with Crippen LogP contribution >= 0.6 is 0 Å². The van der Waals surface area contributed by atoms with E-state index in [-0.39, 0.29) is 11.3 Å². The van der Waals surface area contributed by atoms with Crippen LogP contribution in [0.1, 0.15) is 17.3 Å². The van der Waals surface area contributed by atoms with Crippen LogP contribution in [0.25, 0.3) is 0 Å². The molecule has 2 aromatic carbocycles. The highest BCUT2D eigenvalue weighted by atomic mass is 32.2.